The molecule has 0 spiro atoms. The minimum Gasteiger partial charge on any atom is -0.508 e. The molecule has 1 aliphatic carbocycles. The standard InChI is InChI=1S/C50H49FN6O10/c1-5-50(65)33-12-37-45-31(18-57(37)47(62)32(33)21-66-48(50)63)44-35(9-8-28-24(4)34(51)13-36(52-45)43(28)44)53-49(64)67-22-42(60)56-20-38-39(56)19-54(38)15-25-6-7-26-16-55(17-27(26)10-25)46(61)30-11-29(23(2)3)40(58)14-41(30)59/h6-7,10-14,23,35,38-39,58-59,65H,5,8-9,15-22H2,1-4H3,(H,53,64)/t35-,38?,39+,50-/m0/s1. The number of aromatic nitrogens is 2. The van der Waals surface area contributed by atoms with E-state index in [0.29, 0.717) is 90.1 Å². The molecule has 0 saturated carbocycles. The van der Waals surface area contributed by atoms with Gasteiger partial charge in [-0.05, 0) is 83.2 Å². The van der Waals surface area contributed by atoms with Gasteiger partial charge in [-0.1, -0.05) is 39.0 Å². The summed E-state index contributed by atoms with van der Waals surface area (Å²) in [4.78, 5) is 77.7. The molecule has 2 saturated heterocycles. The fourth-order valence-electron chi connectivity index (χ4n) is 11.2. The summed E-state index contributed by atoms with van der Waals surface area (Å²) >= 11 is 0. The number of amides is 3. The molecule has 16 nitrogen and oxygen atoms in total. The highest BCUT2D eigenvalue weighted by Gasteiger charge is 2.53. The van der Waals surface area contributed by atoms with Crippen molar-refractivity contribution in [2.24, 2.45) is 0 Å². The van der Waals surface area contributed by atoms with Gasteiger partial charge >= 0.3 is 12.1 Å². The topological polar surface area (TPSA) is 204 Å². The number of likely N-dealkylation sites (tertiary alicyclic amines) is 2. The molecule has 0 bridgehead atoms. The van der Waals surface area contributed by atoms with Gasteiger partial charge in [-0.15, -0.1) is 0 Å². The molecule has 11 rings (SSSR count). The second kappa shape index (κ2) is 15.3. The number of hydrogen-bond acceptors (Lipinski definition) is 12. The third kappa shape index (κ3) is 6.52. The minimum atomic E-state index is -2.02. The fourth-order valence-corrected chi connectivity index (χ4v) is 11.2. The molecule has 67 heavy (non-hydrogen) atoms. The van der Waals surface area contributed by atoms with Crippen molar-refractivity contribution < 1.29 is 48.4 Å². The molecule has 346 valence electrons. The molecule has 5 aromatic rings. The number of ether oxygens (including phenoxy) is 2. The van der Waals surface area contributed by atoms with Crippen LogP contribution < -0.4 is 10.9 Å². The summed E-state index contributed by atoms with van der Waals surface area (Å²) in [7, 11) is 0. The number of carbonyl (C=O) groups excluding carboxylic acids is 4. The van der Waals surface area contributed by atoms with Gasteiger partial charge in [0.25, 0.3) is 17.4 Å². The molecule has 0 radical (unpaired) electrons. The summed E-state index contributed by atoms with van der Waals surface area (Å²) in [5.41, 5.74) is 5.42. The number of halogens is 1. The maximum absolute atomic E-state index is 15.4. The zero-order valence-electron chi connectivity index (χ0n) is 37.4. The van der Waals surface area contributed by atoms with E-state index in [1.165, 1.54) is 16.7 Å². The van der Waals surface area contributed by atoms with E-state index in [4.69, 9.17) is 14.5 Å². The monoisotopic (exact) mass is 912 g/mol. The third-order valence-electron chi connectivity index (χ3n) is 15.1. The van der Waals surface area contributed by atoms with Gasteiger partial charge in [0.1, 0.15) is 23.9 Å². The Morgan fingerprint density at radius 1 is 0.985 bits per heavy atom. The third-order valence-corrected chi connectivity index (χ3v) is 15.1. The fraction of sp³-hybridized carbons (Fsp3) is 0.400. The molecule has 2 fully saturated rings. The van der Waals surface area contributed by atoms with Crippen molar-refractivity contribution in [3.63, 3.8) is 0 Å². The van der Waals surface area contributed by atoms with Crippen LogP contribution in [0.15, 0.2) is 47.3 Å². The van der Waals surface area contributed by atoms with Crippen LogP contribution in [-0.2, 0) is 63.9 Å². The van der Waals surface area contributed by atoms with E-state index < -0.39 is 41.7 Å². The maximum Gasteiger partial charge on any atom is 0.408 e. The molecule has 17 heteroatoms. The first kappa shape index (κ1) is 42.8. The molecule has 4 N–H and O–H groups in total. The Morgan fingerprint density at radius 3 is 2.52 bits per heavy atom. The van der Waals surface area contributed by atoms with Gasteiger partial charge in [0.15, 0.2) is 12.2 Å². The number of phenolic OH excluding ortho intramolecular Hbond substituents is 2. The van der Waals surface area contributed by atoms with Gasteiger partial charge in [-0.25, -0.2) is 19.0 Å². The van der Waals surface area contributed by atoms with E-state index in [1.807, 2.05) is 19.9 Å². The Bertz CT molecular complexity index is 3110. The SMILES string of the molecule is CC[C@@]1(O)C(=O)OCc2c1cc1n(c2=O)Cc2c-1nc1cc(F)c(C)c3c1c2[C@@H](NC(=O)OCC(=O)N1CC2[C@H]1CN2Cc1ccc2c(c1)CN(C(=O)c1cc(C(C)C)c(O)cc1O)C2)CC3. The van der Waals surface area contributed by atoms with Crippen molar-refractivity contribution in [3.8, 4) is 22.9 Å². The molecule has 6 aliphatic rings. The normalized spacial score (nSPS) is 22.0. The number of piperazine rings is 1. The predicted octanol–water partition coefficient (Wildman–Crippen LogP) is 5.03. The van der Waals surface area contributed by atoms with Crippen LogP contribution in [0.2, 0.25) is 0 Å². The Hall–Kier alpha value is -6.85. The van der Waals surface area contributed by atoms with E-state index in [0.717, 1.165) is 22.3 Å². The lowest BCUT2D eigenvalue weighted by molar-refractivity contribution is -0.172. The summed E-state index contributed by atoms with van der Waals surface area (Å²) in [5, 5.41) is 35.8. The maximum atomic E-state index is 15.4. The van der Waals surface area contributed by atoms with Crippen LogP contribution in [-0.4, -0.2) is 95.2 Å². The molecule has 1 unspecified atom stereocenters. The number of phenols is 2. The second-order valence-corrected chi connectivity index (χ2v) is 19.1. The number of benzene rings is 3. The van der Waals surface area contributed by atoms with Gasteiger partial charge in [0, 0.05) is 67.4 Å². The van der Waals surface area contributed by atoms with Crippen LogP contribution in [0.1, 0.15) is 112 Å². The van der Waals surface area contributed by atoms with Crippen molar-refractivity contribution >= 4 is 34.8 Å². The lowest BCUT2D eigenvalue weighted by Crippen LogP contribution is -2.79. The number of rotatable bonds is 8. The van der Waals surface area contributed by atoms with E-state index in [1.54, 1.807) is 35.8 Å². The molecule has 5 aliphatic heterocycles. The zero-order chi connectivity index (χ0) is 47.0. The molecule has 2 aromatic heterocycles. The number of hydrogen-bond donors (Lipinski definition) is 4. The van der Waals surface area contributed by atoms with Crippen molar-refractivity contribution in [2.45, 2.75) is 109 Å². The Balaban J connectivity index is 0.736. The lowest BCUT2D eigenvalue weighted by Gasteiger charge is -2.61. The molecule has 3 aromatic carbocycles. The average molecular weight is 913 g/mol. The van der Waals surface area contributed by atoms with Gasteiger partial charge < -0.3 is 44.5 Å². The van der Waals surface area contributed by atoms with Gasteiger partial charge in [-0.2, -0.15) is 0 Å². The first-order valence-corrected chi connectivity index (χ1v) is 22.8. The van der Waals surface area contributed by atoms with Crippen molar-refractivity contribution in [3.05, 3.63) is 120 Å². The summed E-state index contributed by atoms with van der Waals surface area (Å²) in [6.07, 6.45) is 0.00855. The van der Waals surface area contributed by atoms with E-state index in [9.17, 15) is 39.3 Å². The number of aromatic hydroxyl groups is 2. The summed E-state index contributed by atoms with van der Waals surface area (Å²) in [6.45, 7) is 9.11. The molecular weight excluding hydrogens is 864 g/mol. The Kier molecular flexibility index (Phi) is 9.80. The van der Waals surface area contributed by atoms with Gasteiger partial charge in [0.2, 0.25) is 0 Å². The number of nitrogens with zero attached hydrogens (tertiary/aromatic N) is 5. The van der Waals surface area contributed by atoms with Crippen LogP contribution in [0, 0.1) is 12.7 Å². The number of carbonyl (C=O) groups is 4. The molecular formula is C50H49FN6O10. The molecule has 7 heterocycles. The van der Waals surface area contributed by atoms with Gasteiger partial charge in [-0.3, -0.25) is 19.3 Å². The van der Waals surface area contributed by atoms with Crippen LogP contribution in [0.5, 0.6) is 11.5 Å². The first-order valence-electron chi connectivity index (χ1n) is 22.8. The number of cyclic esters (lactones) is 1. The molecule has 3 amide bonds. The highest BCUT2D eigenvalue weighted by molar-refractivity contribution is 5.98. The van der Waals surface area contributed by atoms with Crippen LogP contribution in [0.4, 0.5) is 9.18 Å². The largest absolute Gasteiger partial charge is 0.508 e. The number of alkyl carbamates (subject to hydrolysis) is 1. The van der Waals surface area contributed by atoms with Gasteiger partial charge in [0.05, 0.1) is 46.7 Å². The summed E-state index contributed by atoms with van der Waals surface area (Å²) in [5.74, 6) is -2.21. The second-order valence-electron chi connectivity index (χ2n) is 19.1. The average Bonchev–Trinajstić information content (AvgIpc) is 3.89. The van der Waals surface area contributed by atoms with E-state index >= 15 is 4.39 Å². The van der Waals surface area contributed by atoms with E-state index in [-0.39, 0.29) is 77.6 Å². The zero-order valence-corrected chi connectivity index (χ0v) is 37.4. The smallest absolute Gasteiger partial charge is 0.408 e. The van der Waals surface area contributed by atoms with Crippen LogP contribution in [0.25, 0.3) is 22.3 Å². The highest BCUT2D eigenvalue weighted by Crippen LogP contribution is 2.46. The number of esters is 1. The molecule has 4 atom stereocenters. The number of aryl methyl sites for hydroxylation is 1. The van der Waals surface area contributed by atoms with Crippen LogP contribution >= 0.6 is 0 Å². The number of aliphatic hydroxyl groups is 1. The van der Waals surface area contributed by atoms with Crippen molar-refractivity contribution in [2.75, 3.05) is 19.7 Å². The van der Waals surface area contributed by atoms with Crippen molar-refractivity contribution in [1.29, 1.82) is 0 Å². The summed E-state index contributed by atoms with van der Waals surface area (Å²) in [6, 6.07) is 11.5. The Morgan fingerprint density at radius 2 is 1.78 bits per heavy atom. The summed E-state index contributed by atoms with van der Waals surface area (Å²) < 4.78 is 27.7. The first-order chi connectivity index (χ1) is 32.0. The quantitative estimate of drug-likeness (QED) is 0.149. The Labute approximate surface area is 383 Å². The lowest BCUT2D eigenvalue weighted by atomic mass is 9.81. The number of pyridine rings is 2. The number of fused-ring (bicyclic) bond motifs is 7. The van der Waals surface area contributed by atoms with E-state index in [2.05, 4.69) is 22.3 Å². The van der Waals surface area contributed by atoms with Crippen molar-refractivity contribution in [1.82, 2.24) is 29.6 Å². The highest BCUT2D eigenvalue weighted by atomic mass is 19.1. The number of nitrogens with one attached hydrogen (secondary N) is 1. The van der Waals surface area contributed by atoms with Crippen LogP contribution in [0.3, 0.4) is 0 Å². The minimum absolute atomic E-state index is 0.00436. The predicted molar refractivity (Wildman–Crippen MR) is 238 cm³/mol.